The molecule has 0 amide bonds. The zero-order valence-electron chi connectivity index (χ0n) is 10.5. The monoisotopic (exact) mass is 242 g/mol. The van der Waals surface area contributed by atoms with E-state index in [1.807, 2.05) is 24.3 Å². The van der Waals surface area contributed by atoms with Crippen LogP contribution in [0.5, 0.6) is 0 Å². The minimum Gasteiger partial charge on any atom is -0.388 e. The molecule has 1 aliphatic rings. The van der Waals surface area contributed by atoms with E-state index in [0.29, 0.717) is 6.61 Å². The van der Waals surface area contributed by atoms with Crippen LogP contribution in [-0.4, -0.2) is 17.8 Å². The first-order valence-corrected chi connectivity index (χ1v) is 6.53. The summed E-state index contributed by atoms with van der Waals surface area (Å²) < 4.78 is 5.56. The fraction of sp³-hybridized carbons (Fsp3) is 0.375. The highest BCUT2D eigenvalue weighted by atomic mass is 16.5. The summed E-state index contributed by atoms with van der Waals surface area (Å²) in [4.78, 5) is 0. The van der Waals surface area contributed by atoms with E-state index in [-0.39, 0.29) is 12.0 Å². The predicted molar refractivity (Wildman–Crippen MR) is 72.4 cm³/mol. The van der Waals surface area contributed by atoms with Gasteiger partial charge in [0.1, 0.15) is 0 Å². The SMILES string of the molecule is CC1CC(C(O)c2cccc3ccccc23)CO1. The Hall–Kier alpha value is -1.38. The van der Waals surface area contributed by atoms with Gasteiger partial charge in [0.2, 0.25) is 0 Å². The average molecular weight is 242 g/mol. The molecule has 1 N–H and O–H groups in total. The van der Waals surface area contributed by atoms with Crippen molar-refractivity contribution in [2.24, 2.45) is 5.92 Å². The van der Waals surface area contributed by atoms with Crippen molar-refractivity contribution in [3.8, 4) is 0 Å². The third-order valence-corrected chi connectivity index (χ3v) is 3.82. The molecule has 0 bridgehead atoms. The number of hydrogen-bond donors (Lipinski definition) is 1. The van der Waals surface area contributed by atoms with Crippen LogP contribution in [0.2, 0.25) is 0 Å². The highest BCUT2D eigenvalue weighted by molar-refractivity contribution is 5.85. The van der Waals surface area contributed by atoms with Crippen molar-refractivity contribution in [3.05, 3.63) is 48.0 Å². The van der Waals surface area contributed by atoms with Gasteiger partial charge in [-0.05, 0) is 29.7 Å². The van der Waals surface area contributed by atoms with Crippen molar-refractivity contribution in [1.29, 1.82) is 0 Å². The highest BCUT2D eigenvalue weighted by Crippen LogP contribution is 2.34. The molecule has 1 heterocycles. The molecule has 0 aromatic heterocycles. The Morgan fingerprint density at radius 2 is 1.94 bits per heavy atom. The Bertz CT molecular complexity index is 544. The predicted octanol–water partition coefficient (Wildman–Crippen LogP) is 3.30. The van der Waals surface area contributed by atoms with E-state index in [1.54, 1.807) is 0 Å². The summed E-state index contributed by atoms with van der Waals surface area (Å²) in [5.41, 5.74) is 1.02. The van der Waals surface area contributed by atoms with E-state index in [9.17, 15) is 5.11 Å². The number of hydrogen-bond acceptors (Lipinski definition) is 2. The summed E-state index contributed by atoms with van der Waals surface area (Å²) in [5.74, 6) is 0.214. The Kier molecular flexibility index (Phi) is 3.06. The van der Waals surface area contributed by atoms with Gasteiger partial charge in [-0.15, -0.1) is 0 Å². The normalized spacial score (nSPS) is 25.4. The van der Waals surface area contributed by atoms with Crippen molar-refractivity contribution in [3.63, 3.8) is 0 Å². The molecule has 1 aliphatic heterocycles. The number of aliphatic hydroxyl groups excluding tert-OH is 1. The van der Waals surface area contributed by atoms with Crippen LogP contribution < -0.4 is 0 Å². The molecule has 1 fully saturated rings. The molecule has 0 saturated carbocycles. The molecule has 3 atom stereocenters. The van der Waals surface area contributed by atoms with Crippen molar-refractivity contribution >= 4 is 10.8 Å². The molecular weight excluding hydrogens is 224 g/mol. The standard InChI is InChI=1S/C16H18O2/c1-11-9-13(10-18-11)16(17)15-8-4-6-12-5-2-3-7-14(12)15/h2-8,11,13,16-17H,9-10H2,1H3. The summed E-state index contributed by atoms with van der Waals surface area (Å²) >= 11 is 0. The van der Waals surface area contributed by atoms with E-state index in [2.05, 4.69) is 25.1 Å². The summed E-state index contributed by atoms with van der Waals surface area (Å²) in [7, 11) is 0. The largest absolute Gasteiger partial charge is 0.388 e. The number of benzene rings is 2. The van der Waals surface area contributed by atoms with Gasteiger partial charge >= 0.3 is 0 Å². The van der Waals surface area contributed by atoms with Crippen LogP contribution in [0.4, 0.5) is 0 Å². The van der Waals surface area contributed by atoms with Crippen LogP contribution >= 0.6 is 0 Å². The minimum atomic E-state index is -0.430. The molecule has 0 aliphatic carbocycles. The van der Waals surface area contributed by atoms with E-state index < -0.39 is 6.10 Å². The van der Waals surface area contributed by atoms with E-state index in [4.69, 9.17) is 4.74 Å². The van der Waals surface area contributed by atoms with E-state index in [0.717, 1.165) is 17.4 Å². The molecule has 3 rings (SSSR count). The number of aliphatic hydroxyl groups is 1. The second-order valence-electron chi connectivity index (χ2n) is 5.15. The van der Waals surface area contributed by atoms with Gasteiger partial charge < -0.3 is 9.84 Å². The lowest BCUT2D eigenvalue weighted by Crippen LogP contribution is -2.13. The molecule has 94 valence electrons. The maximum absolute atomic E-state index is 10.6. The van der Waals surface area contributed by atoms with E-state index >= 15 is 0 Å². The van der Waals surface area contributed by atoms with Gasteiger partial charge in [-0.1, -0.05) is 42.5 Å². The summed E-state index contributed by atoms with van der Waals surface area (Å²) in [6, 6.07) is 14.3. The molecule has 0 spiro atoms. The van der Waals surface area contributed by atoms with Crippen LogP contribution in [-0.2, 0) is 4.74 Å². The van der Waals surface area contributed by atoms with Crippen LogP contribution in [0.15, 0.2) is 42.5 Å². The Labute approximate surface area is 107 Å². The zero-order valence-corrected chi connectivity index (χ0v) is 10.5. The van der Waals surface area contributed by atoms with Crippen molar-refractivity contribution in [2.75, 3.05) is 6.61 Å². The molecule has 1 saturated heterocycles. The van der Waals surface area contributed by atoms with E-state index in [1.165, 1.54) is 5.39 Å². The van der Waals surface area contributed by atoms with Gasteiger partial charge in [0.05, 0.1) is 18.8 Å². The number of fused-ring (bicyclic) bond motifs is 1. The lowest BCUT2D eigenvalue weighted by molar-refractivity contribution is 0.0811. The third-order valence-electron chi connectivity index (χ3n) is 3.82. The minimum absolute atomic E-state index is 0.214. The number of rotatable bonds is 2. The molecule has 2 heteroatoms. The topological polar surface area (TPSA) is 29.5 Å². The maximum Gasteiger partial charge on any atom is 0.0847 e. The maximum atomic E-state index is 10.6. The molecule has 3 unspecified atom stereocenters. The van der Waals surface area contributed by atoms with Gasteiger partial charge in [0, 0.05) is 5.92 Å². The van der Waals surface area contributed by atoms with Gasteiger partial charge in [-0.2, -0.15) is 0 Å². The lowest BCUT2D eigenvalue weighted by Gasteiger charge is -2.18. The summed E-state index contributed by atoms with van der Waals surface area (Å²) in [6.07, 6.45) is 0.769. The Morgan fingerprint density at radius 3 is 2.72 bits per heavy atom. The molecule has 18 heavy (non-hydrogen) atoms. The van der Waals surface area contributed by atoms with Crippen LogP contribution in [0, 0.1) is 5.92 Å². The van der Waals surface area contributed by atoms with Crippen molar-refractivity contribution < 1.29 is 9.84 Å². The molecular formula is C16H18O2. The molecule has 2 aromatic carbocycles. The highest BCUT2D eigenvalue weighted by Gasteiger charge is 2.29. The summed E-state index contributed by atoms with van der Waals surface area (Å²) in [6.45, 7) is 2.72. The first-order valence-electron chi connectivity index (χ1n) is 6.53. The van der Waals surface area contributed by atoms with Gasteiger partial charge in [-0.3, -0.25) is 0 Å². The number of ether oxygens (including phenoxy) is 1. The second-order valence-corrected chi connectivity index (χ2v) is 5.15. The van der Waals surface area contributed by atoms with Gasteiger partial charge in [0.15, 0.2) is 0 Å². The lowest BCUT2D eigenvalue weighted by atomic mass is 9.90. The van der Waals surface area contributed by atoms with Gasteiger partial charge in [-0.25, -0.2) is 0 Å². The Morgan fingerprint density at radius 1 is 1.17 bits per heavy atom. The first-order chi connectivity index (χ1) is 8.75. The third kappa shape index (κ3) is 2.02. The van der Waals surface area contributed by atoms with Crippen LogP contribution in [0.25, 0.3) is 10.8 Å². The fourth-order valence-corrected chi connectivity index (χ4v) is 2.83. The molecule has 2 aromatic rings. The smallest absolute Gasteiger partial charge is 0.0847 e. The van der Waals surface area contributed by atoms with Crippen LogP contribution in [0.3, 0.4) is 0 Å². The fourth-order valence-electron chi connectivity index (χ4n) is 2.83. The molecule has 2 nitrogen and oxygen atoms in total. The Balaban J connectivity index is 1.98. The first kappa shape index (κ1) is 11.7. The molecule has 0 radical (unpaired) electrons. The zero-order chi connectivity index (χ0) is 12.5. The second kappa shape index (κ2) is 4.71. The quantitative estimate of drug-likeness (QED) is 0.875. The van der Waals surface area contributed by atoms with Crippen molar-refractivity contribution in [2.45, 2.75) is 25.6 Å². The average Bonchev–Trinajstić information content (AvgIpc) is 2.84. The van der Waals surface area contributed by atoms with Crippen LogP contribution in [0.1, 0.15) is 25.0 Å². The van der Waals surface area contributed by atoms with Gasteiger partial charge in [0.25, 0.3) is 0 Å². The summed E-state index contributed by atoms with van der Waals surface area (Å²) in [5, 5.41) is 12.9. The van der Waals surface area contributed by atoms with Crippen molar-refractivity contribution in [1.82, 2.24) is 0 Å².